The molecule has 94 valence electrons. The van der Waals surface area contributed by atoms with Crippen molar-refractivity contribution in [3.8, 4) is 0 Å². The highest BCUT2D eigenvalue weighted by atomic mass is 16.7. The molecule has 0 atom stereocenters. The molecule has 0 aliphatic carbocycles. The van der Waals surface area contributed by atoms with Crippen LogP contribution in [0.2, 0.25) is 0 Å². The minimum Gasteiger partial charge on any atom is -0.399 e. The number of nitrogens with zero attached hydrogens (tertiary/aromatic N) is 2. The summed E-state index contributed by atoms with van der Waals surface area (Å²) in [5.74, 6) is 0. The smallest absolute Gasteiger partial charge is 0.399 e. The SMILES string of the molecule is [2H]C([2H])([2H])c1nn(C([2H])([2H])[2H])c(C([2H])([2H])[2H])c1B1OC(C)(C)C(C)(C)O1. The Hall–Kier alpha value is -0.805. The van der Waals surface area contributed by atoms with Crippen molar-refractivity contribution >= 4 is 12.6 Å². The van der Waals surface area contributed by atoms with E-state index in [0.717, 1.165) is 0 Å². The summed E-state index contributed by atoms with van der Waals surface area (Å²) in [6, 6.07) is 0. The standard InChI is InChI=1S/C12H21BN2O2/c1-8-10(9(2)15(7)14-8)13-16-11(3,4)12(5,6)17-13/h1-7H3/i1D3,2D3,7D3. The largest absolute Gasteiger partial charge is 0.498 e. The molecule has 0 saturated carbocycles. The number of rotatable bonds is 1. The zero-order valence-corrected chi connectivity index (χ0v) is 10.3. The van der Waals surface area contributed by atoms with E-state index < -0.39 is 50.4 Å². The van der Waals surface area contributed by atoms with Gasteiger partial charge in [-0.1, -0.05) is 0 Å². The predicted molar refractivity (Wildman–Crippen MR) is 68.4 cm³/mol. The maximum atomic E-state index is 7.74. The first-order valence-electron chi connectivity index (χ1n) is 9.79. The Kier molecular flexibility index (Phi) is 1.15. The van der Waals surface area contributed by atoms with Gasteiger partial charge in [0.2, 0.25) is 0 Å². The van der Waals surface area contributed by atoms with Gasteiger partial charge in [0.05, 0.1) is 16.9 Å². The molecular weight excluding hydrogens is 215 g/mol. The topological polar surface area (TPSA) is 36.3 Å². The van der Waals surface area contributed by atoms with Crippen LogP contribution in [0.3, 0.4) is 0 Å². The highest BCUT2D eigenvalue weighted by Gasteiger charge is 2.53. The van der Waals surface area contributed by atoms with Crippen molar-refractivity contribution < 1.29 is 21.6 Å². The molecular formula is C12H21BN2O2. The molecule has 0 spiro atoms. The lowest BCUT2D eigenvalue weighted by molar-refractivity contribution is 0.00578. The molecule has 2 rings (SSSR count). The van der Waals surface area contributed by atoms with Crippen LogP contribution >= 0.6 is 0 Å². The van der Waals surface area contributed by atoms with Crippen LogP contribution in [0.5, 0.6) is 0 Å². The van der Waals surface area contributed by atoms with Crippen LogP contribution in [0.4, 0.5) is 0 Å². The molecule has 1 aromatic heterocycles. The second-order valence-corrected chi connectivity index (χ2v) is 5.11. The molecule has 1 aliphatic heterocycles. The molecule has 2 heterocycles. The summed E-state index contributed by atoms with van der Waals surface area (Å²) < 4.78 is 80.7. The fourth-order valence-electron chi connectivity index (χ4n) is 1.61. The van der Waals surface area contributed by atoms with Gasteiger partial charge in [-0.05, 0) is 41.4 Å². The molecule has 0 aromatic carbocycles. The zero-order valence-electron chi connectivity index (χ0n) is 19.3. The molecule has 1 fully saturated rings. The van der Waals surface area contributed by atoms with E-state index in [-0.39, 0.29) is 10.1 Å². The van der Waals surface area contributed by atoms with Crippen LogP contribution < -0.4 is 5.46 Å². The normalized spacial score (nSPS) is 32.2. The molecule has 1 saturated heterocycles. The molecule has 1 aromatic rings. The van der Waals surface area contributed by atoms with Gasteiger partial charge in [-0.25, -0.2) is 0 Å². The molecule has 0 bridgehead atoms. The van der Waals surface area contributed by atoms with Crippen molar-refractivity contribution in [1.29, 1.82) is 0 Å². The van der Waals surface area contributed by atoms with Gasteiger partial charge in [0.1, 0.15) is 0 Å². The minimum atomic E-state index is -2.98. The van der Waals surface area contributed by atoms with Crippen LogP contribution in [0.1, 0.15) is 51.4 Å². The molecule has 0 N–H and O–H groups in total. The van der Waals surface area contributed by atoms with E-state index in [1.807, 2.05) is 0 Å². The second-order valence-electron chi connectivity index (χ2n) is 5.11. The Morgan fingerprint density at radius 2 is 1.82 bits per heavy atom. The van der Waals surface area contributed by atoms with Crippen molar-refractivity contribution in [2.45, 2.75) is 52.6 Å². The monoisotopic (exact) mass is 245 g/mol. The average molecular weight is 245 g/mol. The molecule has 5 heteroatoms. The number of hydrogen-bond acceptors (Lipinski definition) is 3. The summed E-state index contributed by atoms with van der Waals surface area (Å²) in [4.78, 5) is 0. The van der Waals surface area contributed by atoms with Gasteiger partial charge >= 0.3 is 7.12 Å². The third-order valence-electron chi connectivity index (χ3n) is 3.41. The summed E-state index contributed by atoms with van der Waals surface area (Å²) in [5.41, 5.74) is -3.50. The van der Waals surface area contributed by atoms with E-state index in [1.165, 1.54) is 0 Å². The van der Waals surface area contributed by atoms with Crippen LogP contribution in [0.25, 0.3) is 0 Å². The Balaban J connectivity index is 2.81. The van der Waals surface area contributed by atoms with Crippen molar-refractivity contribution in [1.82, 2.24) is 9.78 Å². The Morgan fingerprint density at radius 3 is 2.29 bits per heavy atom. The maximum Gasteiger partial charge on any atom is 0.498 e. The first kappa shape index (κ1) is 5.45. The van der Waals surface area contributed by atoms with Gasteiger partial charge in [-0.3, -0.25) is 4.68 Å². The Bertz CT molecular complexity index is 687. The number of aromatic nitrogens is 2. The quantitative estimate of drug-likeness (QED) is 0.700. The molecule has 4 nitrogen and oxygen atoms in total. The predicted octanol–water partition coefficient (Wildman–Crippen LogP) is 1.34. The minimum absolute atomic E-state index is 0.266. The highest BCUT2D eigenvalue weighted by Crippen LogP contribution is 2.36. The van der Waals surface area contributed by atoms with Gasteiger partial charge in [0, 0.05) is 30.5 Å². The van der Waals surface area contributed by atoms with Gasteiger partial charge < -0.3 is 9.31 Å². The molecule has 0 radical (unpaired) electrons. The zero-order chi connectivity index (χ0) is 20.5. The molecule has 0 amide bonds. The van der Waals surface area contributed by atoms with Crippen LogP contribution in [0.15, 0.2) is 0 Å². The van der Waals surface area contributed by atoms with E-state index in [0.29, 0.717) is 0 Å². The highest BCUT2D eigenvalue weighted by molar-refractivity contribution is 6.63. The summed E-state index contributed by atoms with van der Waals surface area (Å²) in [7, 11) is -1.37. The average Bonchev–Trinajstić information content (AvgIpc) is 2.84. The van der Waals surface area contributed by atoms with Crippen LogP contribution in [-0.2, 0) is 16.3 Å². The fraction of sp³-hybridized carbons (Fsp3) is 0.750. The number of aryl methyl sites for hydroxylation is 2. The van der Waals surface area contributed by atoms with Crippen molar-refractivity contribution in [3.63, 3.8) is 0 Å². The van der Waals surface area contributed by atoms with E-state index in [4.69, 9.17) is 21.6 Å². The van der Waals surface area contributed by atoms with Crippen molar-refractivity contribution in [2.75, 3.05) is 0 Å². The van der Waals surface area contributed by atoms with E-state index in [2.05, 4.69) is 5.10 Å². The van der Waals surface area contributed by atoms with Gasteiger partial charge in [0.25, 0.3) is 0 Å². The lowest BCUT2D eigenvalue weighted by Gasteiger charge is -2.32. The first-order chi connectivity index (χ1) is 11.3. The summed E-state index contributed by atoms with van der Waals surface area (Å²) >= 11 is 0. The van der Waals surface area contributed by atoms with Gasteiger partial charge in [0.15, 0.2) is 0 Å². The van der Waals surface area contributed by atoms with Crippen molar-refractivity contribution in [2.24, 2.45) is 6.98 Å². The molecule has 17 heavy (non-hydrogen) atoms. The molecule has 1 aliphatic rings. The summed E-state index contributed by atoms with van der Waals surface area (Å²) in [6.45, 7) is -1.92. The number of hydrogen-bond donors (Lipinski definition) is 0. The summed E-state index contributed by atoms with van der Waals surface area (Å²) in [5, 5.41) is 3.63. The maximum absolute atomic E-state index is 7.74. The van der Waals surface area contributed by atoms with Crippen LogP contribution in [-0.4, -0.2) is 28.1 Å². The second kappa shape index (κ2) is 3.59. The molecule has 0 unspecified atom stereocenters. The fourth-order valence-corrected chi connectivity index (χ4v) is 1.61. The Morgan fingerprint density at radius 1 is 1.18 bits per heavy atom. The van der Waals surface area contributed by atoms with Gasteiger partial charge in [-0.15, -0.1) is 0 Å². The third kappa shape index (κ3) is 1.81. The van der Waals surface area contributed by atoms with Crippen LogP contribution in [0, 0.1) is 13.7 Å². The summed E-state index contributed by atoms with van der Waals surface area (Å²) in [6.07, 6.45) is 0. The lowest BCUT2D eigenvalue weighted by Crippen LogP contribution is -2.41. The first-order valence-corrected chi connectivity index (χ1v) is 5.29. The van der Waals surface area contributed by atoms with Crippen molar-refractivity contribution in [3.05, 3.63) is 11.4 Å². The lowest BCUT2D eigenvalue weighted by atomic mass is 9.77. The van der Waals surface area contributed by atoms with E-state index in [1.54, 1.807) is 27.7 Å². The van der Waals surface area contributed by atoms with Gasteiger partial charge in [-0.2, -0.15) is 5.10 Å². The van der Waals surface area contributed by atoms with E-state index in [9.17, 15) is 0 Å². The van der Waals surface area contributed by atoms with E-state index >= 15 is 0 Å². The Labute approximate surface area is 116 Å². The third-order valence-corrected chi connectivity index (χ3v) is 3.41.